The summed E-state index contributed by atoms with van der Waals surface area (Å²) in [5.41, 5.74) is 2.72. The lowest BCUT2D eigenvalue weighted by atomic mass is 9.75. The smallest absolute Gasteiger partial charge is 0.255 e. The molecule has 0 atom stereocenters. The topological polar surface area (TPSA) is 65.9 Å². The number of piperidine rings is 1. The van der Waals surface area contributed by atoms with Crippen LogP contribution in [0, 0.1) is 12.3 Å². The van der Waals surface area contributed by atoms with E-state index in [2.05, 4.69) is 22.0 Å². The molecule has 0 unspecified atom stereocenters. The number of aliphatic hydroxyl groups is 1. The van der Waals surface area contributed by atoms with E-state index in [1.165, 1.54) is 5.56 Å². The largest absolute Gasteiger partial charge is 0.491 e. The highest BCUT2D eigenvalue weighted by atomic mass is 16.5. The number of pyridine rings is 1. The Labute approximate surface area is 191 Å². The molecule has 6 nitrogen and oxygen atoms in total. The average Bonchev–Trinajstić information content (AvgIpc) is 2.83. The lowest BCUT2D eigenvalue weighted by Crippen LogP contribution is -2.41. The van der Waals surface area contributed by atoms with Crippen molar-refractivity contribution in [2.45, 2.75) is 45.6 Å². The van der Waals surface area contributed by atoms with Gasteiger partial charge in [0.05, 0.1) is 12.1 Å². The van der Waals surface area contributed by atoms with Gasteiger partial charge in [0.25, 0.3) is 5.91 Å². The van der Waals surface area contributed by atoms with Crippen molar-refractivity contribution < 1.29 is 14.6 Å². The maximum absolute atomic E-state index is 13.2. The van der Waals surface area contributed by atoms with Gasteiger partial charge >= 0.3 is 0 Å². The number of para-hydroxylation sites is 1. The first-order valence-electron chi connectivity index (χ1n) is 11.8. The van der Waals surface area contributed by atoms with Gasteiger partial charge in [-0.05, 0) is 69.3 Å². The first kappa shape index (κ1) is 22.7. The molecule has 172 valence electrons. The van der Waals surface area contributed by atoms with Gasteiger partial charge in [-0.1, -0.05) is 24.6 Å². The number of carbonyl (C=O) groups is 1. The van der Waals surface area contributed by atoms with Crippen LogP contribution in [0.25, 0.3) is 0 Å². The maximum atomic E-state index is 13.2. The van der Waals surface area contributed by atoms with Crippen LogP contribution in [0.3, 0.4) is 0 Å². The van der Waals surface area contributed by atoms with E-state index in [-0.39, 0.29) is 17.9 Å². The molecule has 1 aromatic heterocycles. The Hall–Kier alpha value is -2.44. The number of carbonyl (C=O) groups excluding carboxylic acids is 1. The Morgan fingerprint density at radius 3 is 2.62 bits per heavy atom. The summed E-state index contributed by atoms with van der Waals surface area (Å²) < 4.78 is 6.17. The highest BCUT2D eigenvalue weighted by Crippen LogP contribution is 2.37. The van der Waals surface area contributed by atoms with Crippen molar-refractivity contribution in [1.82, 2.24) is 14.8 Å². The number of nitrogens with zero attached hydrogens (tertiary/aromatic N) is 3. The third kappa shape index (κ3) is 5.48. The number of benzene rings is 1. The van der Waals surface area contributed by atoms with Crippen LogP contribution in [-0.2, 0) is 6.54 Å². The number of ether oxygens (including phenoxy) is 1. The quantitative estimate of drug-likeness (QED) is 0.777. The molecule has 1 amide bonds. The van der Waals surface area contributed by atoms with Crippen molar-refractivity contribution in [2.75, 3.05) is 39.4 Å². The summed E-state index contributed by atoms with van der Waals surface area (Å²) in [6.45, 7) is 6.71. The van der Waals surface area contributed by atoms with Gasteiger partial charge in [-0.2, -0.15) is 0 Å². The molecule has 6 heteroatoms. The molecule has 0 saturated carbocycles. The van der Waals surface area contributed by atoms with E-state index in [4.69, 9.17) is 4.74 Å². The van der Waals surface area contributed by atoms with Crippen molar-refractivity contribution in [1.29, 1.82) is 0 Å². The van der Waals surface area contributed by atoms with Gasteiger partial charge in [0.2, 0.25) is 0 Å². The molecule has 1 N–H and O–H groups in total. The summed E-state index contributed by atoms with van der Waals surface area (Å²) in [6.07, 6.45) is 6.65. The molecule has 0 radical (unpaired) electrons. The van der Waals surface area contributed by atoms with Gasteiger partial charge in [-0.25, -0.2) is 0 Å². The minimum Gasteiger partial charge on any atom is -0.491 e. The van der Waals surface area contributed by atoms with Gasteiger partial charge in [-0.15, -0.1) is 0 Å². The summed E-state index contributed by atoms with van der Waals surface area (Å²) in [6, 6.07) is 11.9. The average molecular weight is 438 g/mol. The highest BCUT2D eigenvalue weighted by Gasteiger charge is 2.34. The molecule has 1 aromatic carbocycles. The van der Waals surface area contributed by atoms with Crippen LogP contribution in [0.15, 0.2) is 42.6 Å². The number of hydrogen-bond acceptors (Lipinski definition) is 5. The second-order valence-corrected chi connectivity index (χ2v) is 9.33. The Kier molecular flexibility index (Phi) is 7.43. The minimum atomic E-state index is 0.00242. The molecule has 3 aliphatic rings. The zero-order chi connectivity index (χ0) is 22.4. The van der Waals surface area contributed by atoms with Crippen LogP contribution in [0.2, 0.25) is 0 Å². The van der Waals surface area contributed by atoms with Crippen molar-refractivity contribution in [2.24, 2.45) is 5.41 Å². The number of aliphatic hydroxyl groups excluding tert-OH is 1. The first-order valence-corrected chi connectivity index (χ1v) is 11.8. The number of amides is 1. The molecule has 2 bridgehead atoms. The van der Waals surface area contributed by atoms with E-state index >= 15 is 0 Å². The SMILES string of the molecule is Cc1ccc(C(=O)N2CCCCC3(CO)CCN(CC3)Cc3ccccc3OCC2)cn1. The van der Waals surface area contributed by atoms with E-state index in [1.54, 1.807) is 6.20 Å². The predicted molar refractivity (Wildman–Crippen MR) is 125 cm³/mol. The number of aromatic nitrogens is 1. The summed E-state index contributed by atoms with van der Waals surface area (Å²) in [7, 11) is 0. The molecule has 1 fully saturated rings. The molecule has 32 heavy (non-hydrogen) atoms. The highest BCUT2D eigenvalue weighted by molar-refractivity contribution is 5.93. The van der Waals surface area contributed by atoms with Crippen molar-refractivity contribution in [3.8, 4) is 5.75 Å². The molecule has 3 aliphatic heterocycles. The van der Waals surface area contributed by atoms with Crippen LogP contribution >= 0.6 is 0 Å². The molecular weight excluding hydrogens is 402 g/mol. The lowest BCUT2D eigenvalue weighted by Gasteiger charge is -2.41. The molecular formula is C26H35N3O3. The number of rotatable bonds is 2. The van der Waals surface area contributed by atoms with Gasteiger partial charge in [0.15, 0.2) is 0 Å². The van der Waals surface area contributed by atoms with Crippen molar-refractivity contribution in [3.05, 3.63) is 59.4 Å². The maximum Gasteiger partial charge on any atom is 0.255 e. The van der Waals surface area contributed by atoms with Gasteiger partial charge < -0.3 is 14.7 Å². The molecule has 2 aromatic rings. The monoisotopic (exact) mass is 437 g/mol. The minimum absolute atomic E-state index is 0.00242. The third-order valence-electron chi connectivity index (χ3n) is 7.07. The van der Waals surface area contributed by atoms with Crippen LogP contribution in [0.5, 0.6) is 5.75 Å². The first-order chi connectivity index (χ1) is 15.6. The predicted octanol–water partition coefficient (Wildman–Crippen LogP) is 3.67. The summed E-state index contributed by atoms with van der Waals surface area (Å²) in [4.78, 5) is 21.8. The number of fused-ring (bicyclic) bond motifs is 9. The summed E-state index contributed by atoms with van der Waals surface area (Å²) in [5, 5.41) is 10.2. The van der Waals surface area contributed by atoms with Gasteiger partial charge in [0.1, 0.15) is 12.4 Å². The fourth-order valence-corrected chi connectivity index (χ4v) is 4.85. The van der Waals surface area contributed by atoms with Gasteiger partial charge in [0, 0.05) is 37.2 Å². The van der Waals surface area contributed by atoms with Gasteiger partial charge in [-0.3, -0.25) is 14.7 Å². The Morgan fingerprint density at radius 2 is 1.88 bits per heavy atom. The molecule has 4 heterocycles. The number of hydrogen-bond donors (Lipinski definition) is 1. The van der Waals surface area contributed by atoms with Crippen LogP contribution in [0.4, 0.5) is 0 Å². The molecule has 0 spiro atoms. The van der Waals surface area contributed by atoms with Crippen LogP contribution in [-0.4, -0.2) is 65.2 Å². The molecule has 5 rings (SSSR count). The summed E-state index contributed by atoms with van der Waals surface area (Å²) >= 11 is 0. The Bertz CT molecular complexity index is 891. The van der Waals surface area contributed by atoms with Crippen LogP contribution in [0.1, 0.15) is 53.7 Å². The normalized spacial score (nSPS) is 24.7. The van der Waals surface area contributed by atoms with Crippen molar-refractivity contribution >= 4 is 5.91 Å². The van der Waals surface area contributed by atoms with E-state index < -0.39 is 0 Å². The Morgan fingerprint density at radius 1 is 1.06 bits per heavy atom. The Balaban J connectivity index is 1.53. The molecule has 0 aliphatic carbocycles. The van der Waals surface area contributed by atoms with E-state index in [0.717, 1.165) is 63.2 Å². The fourth-order valence-electron chi connectivity index (χ4n) is 4.85. The second-order valence-electron chi connectivity index (χ2n) is 9.33. The van der Waals surface area contributed by atoms with E-state index in [0.29, 0.717) is 25.3 Å². The van der Waals surface area contributed by atoms with Crippen LogP contribution < -0.4 is 4.74 Å². The zero-order valence-corrected chi connectivity index (χ0v) is 19.1. The zero-order valence-electron chi connectivity index (χ0n) is 19.1. The molecule has 1 saturated heterocycles. The third-order valence-corrected chi connectivity index (χ3v) is 7.07. The standard InChI is InChI=1S/C26H35N3O3/c1-21-8-9-22(18-27-21)25(31)29-13-5-4-10-26(20-30)11-14-28(15-12-26)19-23-6-2-3-7-24(23)32-17-16-29/h2-3,6-9,18,30H,4-5,10-17,19-20H2,1H3. The number of aryl methyl sites for hydroxylation is 1. The second kappa shape index (κ2) is 10.5. The van der Waals surface area contributed by atoms with E-state index in [9.17, 15) is 9.90 Å². The van der Waals surface area contributed by atoms with Crippen molar-refractivity contribution in [3.63, 3.8) is 0 Å². The fraction of sp³-hybridized carbons (Fsp3) is 0.538. The van der Waals surface area contributed by atoms with E-state index in [1.807, 2.05) is 36.1 Å². The summed E-state index contributed by atoms with van der Waals surface area (Å²) in [5.74, 6) is 0.897. The lowest BCUT2D eigenvalue weighted by molar-refractivity contribution is 0.0319.